The molecular formula is C13H18N4O3. The van der Waals surface area contributed by atoms with Gasteiger partial charge in [0.2, 0.25) is 0 Å². The molecule has 1 N–H and O–H groups in total. The lowest BCUT2D eigenvalue weighted by atomic mass is 10.1. The van der Waals surface area contributed by atoms with E-state index in [1.54, 1.807) is 17.9 Å². The monoisotopic (exact) mass is 278 g/mol. The summed E-state index contributed by atoms with van der Waals surface area (Å²) in [6.45, 7) is 3.70. The van der Waals surface area contributed by atoms with Gasteiger partial charge in [-0.15, -0.1) is 0 Å². The first-order valence-corrected chi connectivity index (χ1v) is 6.39. The lowest BCUT2D eigenvalue weighted by molar-refractivity contribution is 0.0697. The van der Waals surface area contributed by atoms with Crippen molar-refractivity contribution in [1.82, 2.24) is 14.8 Å². The van der Waals surface area contributed by atoms with Crippen molar-refractivity contribution in [3.8, 4) is 0 Å². The molecule has 0 aromatic carbocycles. The summed E-state index contributed by atoms with van der Waals surface area (Å²) in [5.74, 6) is -0.999. The van der Waals surface area contributed by atoms with Gasteiger partial charge in [-0.3, -0.25) is 4.68 Å². The summed E-state index contributed by atoms with van der Waals surface area (Å²) < 4.78 is 6.94. The van der Waals surface area contributed by atoms with Gasteiger partial charge in [-0.25, -0.2) is 9.78 Å². The van der Waals surface area contributed by atoms with Gasteiger partial charge in [0.05, 0.1) is 23.9 Å². The number of nitrogens with zero attached hydrogens (tertiary/aromatic N) is 4. The van der Waals surface area contributed by atoms with Crippen LogP contribution in [0.5, 0.6) is 0 Å². The minimum atomic E-state index is -0.999. The Hall–Kier alpha value is -2.15. The summed E-state index contributed by atoms with van der Waals surface area (Å²) in [5, 5.41) is 14.2. The largest absolute Gasteiger partial charge is 0.478 e. The van der Waals surface area contributed by atoms with Crippen LogP contribution in [0.15, 0.2) is 12.4 Å². The van der Waals surface area contributed by atoms with Crippen LogP contribution in [0.25, 0.3) is 11.0 Å². The van der Waals surface area contributed by atoms with E-state index in [2.05, 4.69) is 10.1 Å². The molecule has 0 amide bonds. The number of likely N-dealkylation sites (N-methyl/N-ethyl adjacent to an activating group) is 1. The Kier molecular flexibility index (Phi) is 4.19. The van der Waals surface area contributed by atoms with E-state index in [1.807, 2.05) is 18.9 Å². The number of aromatic nitrogens is 3. The van der Waals surface area contributed by atoms with Crippen LogP contribution in [0.2, 0.25) is 0 Å². The molecule has 0 unspecified atom stereocenters. The number of hydrogen-bond acceptors (Lipinski definition) is 5. The van der Waals surface area contributed by atoms with Crippen molar-refractivity contribution < 1.29 is 14.6 Å². The highest BCUT2D eigenvalue weighted by atomic mass is 16.5. The maximum Gasteiger partial charge on any atom is 0.339 e. The van der Waals surface area contributed by atoms with Gasteiger partial charge in [0.15, 0.2) is 5.65 Å². The summed E-state index contributed by atoms with van der Waals surface area (Å²) in [6.07, 6.45) is 3.01. The van der Waals surface area contributed by atoms with Crippen LogP contribution >= 0.6 is 0 Å². The van der Waals surface area contributed by atoms with Crippen LogP contribution in [0.4, 0.5) is 5.69 Å². The topological polar surface area (TPSA) is 80.5 Å². The fourth-order valence-corrected chi connectivity index (χ4v) is 2.11. The van der Waals surface area contributed by atoms with E-state index in [0.717, 1.165) is 5.39 Å². The Morgan fingerprint density at radius 2 is 2.25 bits per heavy atom. The predicted molar refractivity (Wildman–Crippen MR) is 75.2 cm³/mol. The molecule has 0 saturated carbocycles. The highest BCUT2D eigenvalue weighted by molar-refractivity contribution is 6.03. The SMILES string of the molecule is CCOCCN(C)c1c(C(=O)O)cnc2c1cnn2C. The molecule has 0 saturated heterocycles. The average Bonchev–Trinajstić information content (AvgIpc) is 2.79. The third kappa shape index (κ3) is 2.57. The molecule has 0 bridgehead atoms. The fraction of sp³-hybridized carbons (Fsp3) is 0.462. The maximum atomic E-state index is 11.4. The molecule has 0 fully saturated rings. The molecule has 108 valence electrons. The van der Waals surface area contributed by atoms with Crippen LogP contribution < -0.4 is 4.90 Å². The first kappa shape index (κ1) is 14.3. The predicted octanol–water partition coefficient (Wildman–Crippen LogP) is 1.14. The van der Waals surface area contributed by atoms with Crippen molar-refractivity contribution in [3.63, 3.8) is 0 Å². The number of aromatic carboxylic acids is 1. The Morgan fingerprint density at radius 3 is 2.90 bits per heavy atom. The molecule has 20 heavy (non-hydrogen) atoms. The third-order valence-corrected chi connectivity index (χ3v) is 3.12. The molecule has 2 heterocycles. The average molecular weight is 278 g/mol. The highest BCUT2D eigenvalue weighted by Crippen LogP contribution is 2.28. The number of fused-ring (bicyclic) bond motifs is 1. The lowest BCUT2D eigenvalue weighted by Crippen LogP contribution is -2.25. The van der Waals surface area contributed by atoms with Crippen molar-refractivity contribution in [1.29, 1.82) is 0 Å². The van der Waals surface area contributed by atoms with E-state index in [9.17, 15) is 9.90 Å². The number of pyridine rings is 1. The molecule has 7 heteroatoms. The fourth-order valence-electron chi connectivity index (χ4n) is 2.11. The smallest absolute Gasteiger partial charge is 0.339 e. The molecule has 2 rings (SSSR count). The molecule has 0 aliphatic heterocycles. The molecular weight excluding hydrogens is 260 g/mol. The molecule has 7 nitrogen and oxygen atoms in total. The van der Waals surface area contributed by atoms with E-state index < -0.39 is 5.97 Å². The normalized spacial score (nSPS) is 10.9. The second-order valence-electron chi connectivity index (χ2n) is 4.45. The van der Waals surface area contributed by atoms with Crippen LogP contribution in [0.1, 0.15) is 17.3 Å². The number of hydrogen-bond donors (Lipinski definition) is 1. The van der Waals surface area contributed by atoms with Gasteiger partial charge in [0, 0.05) is 33.4 Å². The van der Waals surface area contributed by atoms with E-state index in [0.29, 0.717) is 31.1 Å². The first-order chi connectivity index (χ1) is 9.56. The number of ether oxygens (including phenoxy) is 1. The van der Waals surface area contributed by atoms with Crippen molar-refractivity contribution in [2.75, 3.05) is 31.7 Å². The molecule has 0 atom stereocenters. The molecule has 2 aromatic heterocycles. The molecule has 0 aliphatic carbocycles. The molecule has 0 radical (unpaired) electrons. The summed E-state index contributed by atoms with van der Waals surface area (Å²) in [6, 6.07) is 0. The maximum absolute atomic E-state index is 11.4. The standard InChI is InChI=1S/C13H18N4O3/c1-4-20-6-5-16(2)11-9-8-15-17(3)12(9)14-7-10(11)13(18)19/h7-8H,4-6H2,1-3H3,(H,18,19). The van der Waals surface area contributed by atoms with Crippen LogP contribution in [-0.2, 0) is 11.8 Å². The zero-order valence-electron chi connectivity index (χ0n) is 11.8. The van der Waals surface area contributed by atoms with Gasteiger partial charge >= 0.3 is 5.97 Å². The van der Waals surface area contributed by atoms with E-state index in [4.69, 9.17) is 4.74 Å². The number of rotatable bonds is 6. The Balaban J connectivity index is 2.46. The third-order valence-electron chi connectivity index (χ3n) is 3.12. The molecule has 0 aliphatic rings. The summed E-state index contributed by atoms with van der Waals surface area (Å²) in [7, 11) is 3.62. The van der Waals surface area contributed by atoms with E-state index in [1.165, 1.54) is 6.20 Å². The van der Waals surface area contributed by atoms with E-state index >= 15 is 0 Å². The van der Waals surface area contributed by atoms with Gasteiger partial charge in [-0.1, -0.05) is 0 Å². The van der Waals surface area contributed by atoms with Crippen LogP contribution in [-0.4, -0.2) is 52.6 Å². The first-order valence-electron chi connectivity index (χ1n) is 6.39. The number of anilines is 1. The Morgan fingerprint density at radius 1 is 1.50 bits per heavy atom. The van der Waals surface area contributed by atoms with Crippen molar-refractivity contribution in [2.24, 2.45) is 7.05 Å². The summed E-state index contributed by atoms with van der Waals surface area (Å²) in [4.78, 5) is 17.4. The van der Waals surface area contributed by atoms with Gasteiger partial charge in [-0.05, 0) is 6.92 Å². The Labute approximate surface area is 116 Å². The van der Waals surface area contributed by atoms with E-state index in [-0.39, 0.29) is 5.56 Å². The van der Waals surface area contributed by atoms with Gasteiger partial charge < -0.3 is 14.7 Å². The number of carboxylic acids is 1. The van der Waals surface area contributed by atoms with Crippen molar-refractivity contribution in [2.45, 2.75) is 6.92 Å². The summed E-state index contributed by atoms with van der Waals surface area (Å²) in [5.41, 5.74) is 1.45. The van der Waals surface area contributed by atoms with Crippen LogP contribution in [0, 0.1) is 0 Å². The van der Waals surface area contributed by atoms with Crippen molar-refractivity contribution >= 4 is 22.7 Å². The lowest BCUT2D eigenvalue weighted by Gasteiger charge is -2.21. The number of carboxylic acid groups (broad SMARTS) is 1. The molecule has 0 spiro atoms. The highest BCUT2D eigenvalue weighted by Gasteiger charge is 2.19. The number of carbonyl (C=O) groups is 1. The number of aryl methyl sites for hydroxylation is 1. The van der Waals surface area contributed by atoms with Gasteiger partial charge in [0.25, 0.3) is 0 Å². The zero-order valence-corrected chi connectivity index (χ0v) is 11.8. The molecule has 2 aromatic rings. The zero-order chi connectivity index (χ0) is 14.7. The minimum absolute atomic E-state index is 0.171. The van der Waals surface area contributed by atoms with Gasteiger partial charge in [-0.2, -0.15) is 5.10 Å². The minimum Gasteiger partial charge on any atom is -0.478 e. The Bertz CT molecular complexity index is 623. The quantitative estimate of drug-likeness (QED) is 0.798. The second-order valence-corrected chi connectivity index (χ2v) is 4.45. The summed E-state index contributed by atoms with van der Waals surface area (Å²) >= 11 is 0. The van der Waals surface area contributed by atoms with Crippen molar-refractivity contribution in [3.05, 3.63) is 18.0 Å². The second kappa shape index (κ2) is 5.87. The van der Waals surface area contributed by atoms with Crippen LogP contribution in [0.3, 0.4) is 0 Å². The van der Waals surface area contributed by atoms with Gasteiger partial charge in [0.1, 0.15) is 5.56 Å².